The number of ketones is 2. The Bertz CT molecular complexity index is 5360. The molecule has 12 heterocycles. The van der Waals surface area contributed by atoms with E-state index in [1.165, 1.54) is 92.6 Å². The van der Waals surface area contributed by atoms with Crippen molar-refractivity contribution in [1.29, 1.82) is 0 Å². The summed E-state index contributed by atoms with van der Waals surface area (Å²) < 4.78 is 53.5. The monoisotopic (exact) mass is 1400 g/mol. The number of nitrogens with zero attached hydrogens (tertiary/aromatic N) is 6. The molecule has 6 aliphatic heterocycles. The minimum absolute atomic E-state index is 0.110. The number of carbonyl (C=O) groups is 8. The van der Waals surface area contributed by atoms with Crippen molar-refractivity contribution in [3.8, 4) is 34.5 Å². The summed E-state index contributed by atoms with van der Waals surface area (Å²) in [4.78, 5) is 185. The number of aromatic nitrogens is 6. The molecule has 102 heavy (non-hydrogen) atoms. The molecular formula is C68H62N10O24. The molecule has 0 radical (unpaired) electrons. The number of likely N-dealkylation sites (tertiary alicyclic amines) is 2. The number of methoxy groups -OCH3 is 3. The van der Waals surface area contributed by atoms with E-state index in [1.54, 1.807) is 66.9 Å². The molecule has 5 amide bonds. The Balaban J connectivity index is 0.000000119. The van der Waals surface area contributed by atoms with Gasteiger partial charge in [-0.05, 0) is 36.4 Å². The summed E-state index contributed by atoms with van der Waals surface area (Å²) in [5.41, 5.74) is 1.03. The Kier molecular flexibility index (Phi) is 17.2. The lowest BCUT2D eigenvalue weighted by Gasteiger charge is -2.57. The predicted molar refractivity (Wildman–Crippen MR) is 350 cm³/mol. The molecule has 12 unspecified atom stereocenters. The first-order valence-corrected chi connectivity index (χ1v) is 31.5. The number of amides is 5. The molecule has 3 saturated carbocycles. The lowest BCUT2D eigenvalue weighted by atomic mass is 9.53. The summed E-state index contributed by atoms with van der Waals surface area (Å²) in [5, 5.41) is 4.94. The normalized spacial score (nSPS) is 24.5. The molecule has 6 aromatic heterocycles. The maximum Gasteiger partial charge on any atom is 0.336 e. The van der Waals surface area contributed by atoms with Crippen molar-refractivity contribution in [1.82, 2.24) is 48.7 Å². The quantitative estimate of drug-likeness (QED) is 0.0830. The summed E-state index contributed by atoms with van der Waals surface area (Å²) in [7, 11) is 14.0. The fraction of sp³-hybridized carbons (Fsp3) is 0.338. The molecule has 9 aromatic rings. The second-order valence-electron chi connectivity index (χ2n) is 25.3. The summed E-state index contributed by atoms with van der Waals surface area (Å²) >= 11 is 0. The van der Waals surface area contributed by atoms with Crippen molar-refractivity contribution in [3.63, 3.8) is 0 Å². The van der Waals surface area contributed by atoms with Gasteiger partial charge in [-0.15, -0.1) is 0 Å². The fourth-order valence-corrected chi connectivity index (χ4v) is 15.0. The van der Waals surface area contributed by atoms with E-state index in [2.05, 4.69) is 20.3 Å². The van der Waals surface area contributed by atoms with E-state index < -0.39 is 77.4 Å². The van der Waals surface area contributed by atoms with Gasteiger partial charge in [-0.25, -0.2) is 24.0 Å². The molecule has 3 saturated heterocycles. The Labute approximate surface area is 570 Å². The Hall–Kier alpha value is -12.7. The van der Waals surface area contributed by atoms with Gasteiger partial charge in [-0.1, -0.05) is 0 Å². The van der Waals surface area contributed by atoms with E-state index in [1.807, 2.05) is 24.3 Å². The van der Waals surface area contributed by atoms with E-state index in [-0.39, 0.29) is 105 Å². The van der Waals surface area contributed by atoms with Crippen LogP contribution in [0.1, 0.15) is 47.3 Å². The van der Waals surface area contributed by atoms with Crippen molar-refractivity contribution in [2.24, 2.45) is 50.7 Å². The van der Waals surface area contributed by atoms with Crippen LogP contribution in [0.25, 0.3) is 32.9 Å². The third kappa shape index (κ3) is 11.2. The van der Waals surface area contributed by atoms with Gasteiger partial charge < -0.3 is 70.1 Å². The van der Waals surface area contributed by atoms with Crippen LogP contribution < -0.4 is 73.1 Å². The maximum atomic E-state index is 13.0. The van der Waals surface area contributed by atoms with Crippen LogP contribution in [0, 0.1) is 29.6 Å². The molecule has 34 heteroatoms. The van der Waals surface area contributed by atoms with E-state index in [0.29, 0.717) is 45.3 Å². The zero-order valence-electron chi connectivity index (χ0n) is 55.5. The predicted octanol–water partition coefficient (Wildman–Crippen LogP) is 1.03. The number of hydrogen-bond donors (Lipinski definition) is 4. The number of esters is 2. The molecule has 9 aliphatic rings. The lowest BCUT2D eigenvalue weighted by Crippen LogP contribution is -2.72. The van der Waals surface area contributed by atoms with Crippen molar-refractivity contribution in [2.45, 2.75) is 54.8 Å². The molecule has 4 N–H and O–H groups in total. The maximum absolute atomic E-state index is 13.0. The number of hydrogen-bond acceptors (Lipinski definition) is 24. The Morgan fingerprint density at radius 2 is 0.863 bits per heavy atom. The minimum Gasteiger partial charge on any atom is -0.490 e. The number of aromatic amines is 3. The van der Waals surface area contributed by atoms with Gasteiger partial charge >= 0.3 is 40.7 Å². The summed E-state index contributed by atoms with van der Waals surface area (Å²) in [6, 6.07) is 14.4. The Morgan fingerprint density at radius 1 is 0.422 bits per heavy atom. The highest BCUT2D eigenvalue weighted by Gasteiger charge is 2.69. The number of aryl methyl sites for hydroxylation is 3. The molecule has 0 spiro atoms. The molecule has 3 aliphatic carbocycles. The van der Waals surface area contributed by atoms with Crippen molar-refractivity contribution in [2.75, 3.05) is 42.5 Å². The first-order chi connectivity index (χ1) is 48.7. The summed E-state index contributed by atoms with van der Waals surface area (Å²) in [6.45, 7) is 0. The van der Waals surface area contributed by atoms with Crippen molar-refractivity contribution in [3.05, 3.63) is 181 Å². The lowest BCUT2D eigenvalue weighted by molar-refractivity contribution is -0.172. The van der Waals surface area contributed by atoms with E-state index in [4.69, 9.17) is 41.7 Å². The van der Waals surface area contributed by atoms with Crippen molar-refractivity contribution >= 4 is 80.2 Å². The largest absolute Gasteiger partial charge is 0.490 e. The van der Waals surface area contributed by atoms with Gasteiger partial charge in [0.1, 0.15) is 17.7 Å². The van der Waals surface area contributed by atoms with Crippen LogP contribution >= 0.6 is 0 Å². The van der Waals surface area contributed by atoms with Gasteiger partial charge in [0.05, 0.1) is 82.6 Å². The van der Waals surface area contributed by atoms with Crippen LogP contribution in [-0.2, 0) is 54.7 Å². The SMILES string of the molecule is COc1c2c(cc3c1OC(=O)C1C3C3C(=O)CC(=O)N(C)C31)C1C(O2)C2C1C(=O)NC(=O)N2C.COc1c2c(cc3ccoc13)C1C3C(=O)CC(=O)N(C)C3C1C(=O)O2.COc1c2occc2cc2ccc(=O)oc12.Cn1ccc(=O)[nH]c1=O.Cn1ccc(=O)[nH]c1=O.Cn1ccc(=O)[nH]c1=O. The number of benzene rings is 3. The zero-order valence-corrected chi connectivity index (χ0v) is 55.5. The van der Waals surface area contributed by atoms with Gasteiger partial charge in [-0.2, -0.15) is 0 Å². The first kappa shape index (κ1) is 67.9. The fourth-order valence-electron chi connectivity index (χ4n) is 15.0. The van der Waals surface area contributed by atoms with E-state index >= 15 is 0 Å². The molecule has 528 valence electrons. The highest BCUT2D eigenvalue weighted by Crippen LogP contribution is 2.66. The number of H-pyrrole nitrogens is 3. The molecule has 3 aromatic carbocycles. The van der Waals surface area contributed by atoms with Crippen LogP contribution in [0.15, 0.2) is 139 Å². The smallest absolute Gasteiger partial charge is 0.336 e. The summed E-state index contributed by atoms with van der Waals surface area (Å²) in [5.74, 6) is -3.70. The number of rotatable bonds is 3. The highest BCUT2D eigenvalue weighted by molar-refractivity contribution is 6.07. The number of furan rings is 2. The standard InChI is InChI=1S/C23H21N3O8.C18H15NO6.C12H8O4.3C5H6N2O2/c1-25-9(28)5-8(27)12-10-6-4-7-11-13-16(26(2)23(31)24-21(13)29)19(11)33-17(7)20(32-3)18(6)34-22(30)14(10)15(12)25;1-19-10(21)6-9(20)12-11-8-5-7-3-4-24-15(7)17(23-2)16(8)25-18(22)13(11)14(12)19;1-14-12-10-8(4-5-15-10)6-7-2-3-9(13)16-11(7)12;3*1-7-3-2-4(8)6-5(7)9/h4,10-16,19H,5H2,1-3H3,(H,24,29,31);3-5,11-14H,6H2,1-2H3;2-6H,1H3;3*2-3H,1H3,(H,6,8,9). The third-order valence-electron chi connectivity index (χ3n) is 19.9. The van der Waals surface area contributed by atoms with Crippen molar-refractivity contribution < 1.29 is 80.0 Å². The number of Topliss-reactive ketones (excluding diaryl/α,β-unsaturated/α-hetero) is 2. The number of carbonyl (C=O) groups excluding carboxylic acids is 8. The average Bonchev–Trinajstić information content (AvgIpc) is 1.17. The average molecular weight is 1400 g/mol. The molecule has 18 rings (SSSR count). The second kappa shape index (κ2) is 25.9. The Morgan fingerprint density at radius 3 is 1.33 bits per heavy atom. The molecule has 12 atom stereocenters. The van der Waals surface area contributed by atoms with Gasteiger partial charge in [-0.3, -0.25) is 68.2 Å². The zero-order chi connectivity index (χ0) is 72.9. The summed E-state index contributed by atoms with van der Waals surface area (Å²) in [6.07, 6.45) is 6.63. The molecular weight excluding hydrogens is 1340 g/mol. The number of ether oxygens (including phenoxy) is 6. The highest BCUT2D eigenvalue weighted by atomic mass is 16.6. The molecule has 0 bridgehead atoms. The van der Waals surface area contributed by atoms with E-state index in [9.17, 15) is 71.9 Å². The van der Waals surface area contributed by atoms with E-state index in [0.717, 1.165) is 27.3 Å². The van der Waals surface area contributed by atoms with Crippen LogP contribution in [0.3, 0.4) is 0 Å². The topological polar surface area (TPSA) is 435 Å². The van der Waals surface area contributed by atoms with Crippen LogP contribution in [0.5, 0.6) is 34.5 Å². The number of likely N-dealkylation sites (N-methyl/N-ethyl adjacent to an activating group) is 1. The van der Waals surface area contributed by atoms with Gasteiger partial charge in [0.25, 0.3) is 16.7 Å². The number of piperidine rings is 2. The minimum atomic E-state index is -0.646. The van der Waals surface area contributed by atoms with Crippen LogP contribution in [0.4, 0.5) is 4.79 Å². The molecule has 34 nitrogen and oxygen atoms in total. The third-order valence-corrected chi connectivity index (χ3v) is 19.9. The number of fused-ring (bicyclic) bond motifs is 21. The van der Waals surface area contributed by atoms with Crippen LogP contribution in [-0.4, -0.2) is 157 Å². The number of imide groups is 1. The van der Waals surface area contributed by atoms with Gasteiger partial charge in [0, 0.05) is 148 Å². The number of urea groups is 1. The second-order valence-corrected chi connectivity index (χ2v) is 25.3. The first-order valence-electron chi connectivity index (χ1n) is 31.5. The number of nitrogens with one attached hydrogen (secondary N) is 4. The molecule has 6 fully saturated rings. The van der Waals surface area contributed by atoms with Crippen LogP contribution in [0.2, 0.25) is 0 Å². The van der Waals surface area contributed by atoms with Gasteiger partial charge in [0.2, 0.25) is 35.0 Å². The van der Waals surface area contributed by atoms with Gasteiger partial charge in [0.15, 0.2) is 34.0 Å².